The molecule has 1 atom stereocenters. The van der Waals surface area contributed by atoms with Crippen molar-refractivity contribution in [2.45, 2.75) is 19.4 Å². The first-order valence-corrected chi connectivity index (χ1v) is 7.46. The topological polar surface area (TPSA) is 35.5 Å². The summed E-state index contributed by atoms with van der Waals surface area (Å²) in [4.78, 5) is 2.55. The van der Waals surface area contributed by atoms with E-state index in [0.29, 0.717) is 11.8 Å². The third kappa shape index (κ3) is 2.39. The molecule has 1 aliphatic rings. The van der Waals surface area contributed by atoms with E-state index < -0.39 is 0 Å². The van der Waals surface area contributed by atoms with Crippen molar-refractivity contribution in [2.75, 3.05) is 26.2 Å². The van der Waals surface area contributed by atoms with Gasteiger partial charge in [-0.1, -0.05) is 37.3 Å². The quantitative estimate of drug-likeness (QED) is 0.900. The molecule has 0 unspecified atom stereocenters. The van der Waals surface area contributed by atoms with Crippen LogP contribution in [0.1, 0.15) is 24.9 Å². The van der Waals surface area contributed by atoms with Gasteiger partial charge in [0.2, 0.25) is 0 Å². The number of fused-ring (bicyclic) bond motifs is 1. The summed E-state index contributed by atoms with van der Waals surface area (Å²) in [5, 5.41) is 15.6. The predicted octanol–water partition coefficient (Wildman–Crippen LogP) is 2.90. The van der Waals surface area contributed by atoms with E-state index in [-0.39, 0.29) is 0 Å². The molecule has 2 aromatic carbocycles. The summed E-state index contributed by atoms with van der Waals surface area (Å²) >= 11 is 0. The highest BCUT2D eigenvalue weighted by Crippen LogP contribution is 2.34. The fourth-order valence-corrected chi connectivity index (χ4v) is 3.27. The van der Waals surface area contributed by atoms with Gasteiger partial charge in [0.05, 0.1) is 0 Å². The number of piperazine rings is 1. The van der Waals surface area contributed by atoms with Crippen molar-refractivity contribution in [2.24, 2.45) is 0 Å². The van der Waals surface area contributed by atoms with E-state index in [9.17, 15) is 5.11 Å². The summed E-state index contributed by atoms with van der Waals surface area (Å²) in [6.45, 7) is 6.55. The zero-order chi connectivity index (χ0) is 13.9. The predicted molar refractivity (Wildman–Crippen MR) is 83.1 cm³/mol. The Kier molecular flexibility index (Phi) is 3.90. The maximum Gasteiger partial charge on any atom is 0.123 e. The van der Waals surface area contributed by atoms with Gasteiger partial charge in [0, 0.05) is 37.6 Å². The van der Waals surface area contributed by atoms with Crippen molar-refractivity contribution in [3.05, 3.63) is 42.0 Å². The van der Waals surface area contributed by atoms with E-state index in [1.807, 2.05) is 18.2 Å². The minimum atomic E-state index is 0.375. The second-order valence-corrected chi connectivity index (χ2v) is 5.43. The van der Waals surface area contributed by atoms with Crippen LogP contribution in [-0.2, 0) is 0 Å². The van der Waals surface area contributed by atoms with Crippen LogP contribution in [0, 0.1) is 0 Å². The lowest BCUT2D eigenvalue weighted by Crippen LogP contribution is -2.45. The van der Waals surface area contributed by atoms with Gasteiger partial charge in [-0.05, 0) is 23.4 Å². The van der Waals surface area contributed by atoms with Crippen molar-refractivity contribution in [3.63, 3.8) is 0 Å². The molecule has 2 aromatic rings. The fourth-order valence-electron chi connectivity index (χ4n) is 3.27. The molecule has 1 saturated heterocycles. The van der Waals surface area contributed by atoms with Gasteiger partial charge in [-0.3, -0.25) is 4.90 Å². The van der Waals surface area contributed by atoms with E-state index in [0.717, 1.165) is 38.0 Å². The summed E-state index contributed by atoms with van der Waals surface area (Å²) in [6, 6.07) is 12.5. The lowest BCUT2D eigenvalue weighted by molar-refractivity contribution is 0.170. The molecule has 2 N–H and O–H groups in total. The molecular weight excluding hydrogens is 248 g/mol. The van der Waals surface area contributed by atoms with Crippen LogP contribution in [0.4, 0.5) is 0 Å². The van der Waals surface area contributed by atoms with Gasteiger partial charge in [0.25, 0.3) is 0 Å². The molecule has 106 valence electrons. The van der Waals surface area contributed by atoms with E-state index in [1.165, 1.54) is 10.9 Å². The number of nitrogens with zero attached hydrogens (tertiary/aromatic N) is 1. The number of phenolic OH excluding ortho intramolecular Hbond substituents is 1. The van der Waals surface area contributed by atoms with E-state index in [1.54, 1.807) is 0 Å². The van der Waals surface area contributed by atoms with Gasteiger partial charge in [-0.2, -0.15) is 0 Å². The Morgan fingerprint density at radius 1 is 1.10 bits per heavy atom. The summed E-state index contributed by atoms with van der Waals surface area (Å²) in [5.41, 5.74) is 1.34. The number of hydrogen-bond acceptors (Lipinski definition) is 3. The lowest BCUT2D eigenvalue weighted by Gasteiger charge is -2.35. The summed E-state index contributed by atoms with van der Waals surface area (Å²) in [5.74, 6) is 0.375. The average molecular weight is 270 g/mol. The third-order valence-electron chi connectivity index (χ3n) is 4.27. The van der Waals surface area contributed by atoms with Crippen molar-refractivity contribution in [1.29, 1.82) is 0 Å². The monoisotopic (exact) mass is 270 g/mol. The van der Waals surface area contributed by atoms with Crippen LogP contribution in [0.2, 0.25) is 0 Å². The molecular formula is C17H22N2O. The van der Waals surface area contributed by atoms with Crippen molar-refractivity contribution in [3.8, 4) is 5.75 Å². The third-order valence-corrected chi connectivity index (χ3v) is 4.27. The van der Waals surface area contributed by atoms with E-state index >= 15 is 0 Å². The van der Waals surface area contributed by atoms with Gasteiger partial charge in [0.15, 0.2) is 0 Å². The van der Waals surface area contributed by atoms with Crippen LogP contribution in [-0.4, -0.2) is 36.2 Å². The molecule has 0 aromatic heterocycles. The van der Waals surface area contributed by atoms with E-state index in [2.05, 4.69) is 35.3 Å². The SMILES string of the molecule is CC[C@@H](c1ccc(O)c2ccccc12)N1CCNCC1. The Morgan fingerprint density at radius 2 is 1.80 bits per heavy atom. The van der Waals surface area contributed by atoms with Crippen LogP contribution < -0.4 is 5.32 Å². The van der Waals surface area contributed by atoms with Crippen molar-refractivity contribution in [1.82, 2.24) is 10.2 Å². The normalized spacial score (nSPS) is 18.2. The molecule has 1 fully saturated rings. The molecule has 3 heteroatoms. The number of aromatic hydroxyl groups is 1. The molecule has 20 heavy (non-hydrogen) atoms. The zero-order valence-electron chi connectivity index (χ0n) is 12.0. The average Bonchev–Trinajstić information content (AvgIpc) is 2.52. The van der Waals surface area contributed by atoms with Crippen LogP contribution in [0.25, 0.3) is 10.8 Å². The summed E-state index contributed by atoms with van der Waals surface area (Å²) in [7, 11) is 0. The molecule has 3 rings (SSSR count). The van der Waals surface area contributed by atoms with Gasteiger partial charge < -0.3 is 10.4 Å². The summed E-state index contributed by atoms with van der Waals surface area (Å²) in [6.07, 6.45) is 1.09. The zero-order valence-corrected chi connectivity index (χ0v) is 12.0. The summed E-state index contributed by atoms with van der Waals surface area (Å²) < 4.78 is 0. The molecule has 3 nitrogen and oxygen atoms in total. The molecule has 0 amide bonds. The number of nitrogens with one attached hydrogen (secondary N) is 1. The highest BCUT2D eigenvalue weighted by Gasteiger charge is 2.22. The Labute approximate surface area is 120 Å². The minimum absolute atomic E-state index is 0.375. The number of hydrogen-bond donors (Lipinski definition) is 2. The maximum atomic E-state index is 10.0. The maximum absolute atomic E-state index is 10.0. The minimum Gasteiger partial charge on any atom is -0.507 e. The van der Waals surface area contributed by atoms with Crippen LogP contribution >= 0.6 is 0 Å². The Hall–Kier alpha value is -1.58. The Bertz CT molecular complexity index is 591. The molecule has 0 aliphatic carbocycles. The number of rotatable bonds is 3. The van der Waals surface area contributed by atoms with Crippen LogP contribution in [0.5, 0.6) is 5.75 Å². The van der Waals surface area contributed by atoms with Gasteiger partial charge in [-0.25, -0.2) is 0 Å². The van der Waals surface area contributed by atoms with Gasteiger partial charge in [0.1, 0.15) is 5.75 Å². The number of benzene rings is 2. The largest absolute Gasteiger partial charge is 0.507 e. The second kappa shape index (κ2) is 5.81. The number of phenols is 1. The van der Waals surface area contributed by atoms with Crippen molar-refractivity contribution < 1.29 is 5.11 Å². The first-order chi connectivity index (χ1) is 9.81. The highest BCUT2D eigenvalue weighted by atomic mass is 16.3. The molecule has 0 saturated carbocycles. The smallest absolute Gasteiger partial charge is 0.123 e. The van der Waals surface area contributed by atoms with Crippen molar-refractivity contribution >= 4 is 10.8 Å². The molecule has 1 heterocycles. The lowest BCUT2D eigenvalue weighted by atomic mass is 9.95. The fraction of sp³-hybridized carbons (Fsp3) is 0.412. The van der Waals surface area contributed by atoms with Gasteiger partial charge >= 0.3 is 0 Å². The first-order valence-electron chi connectivity index (χ1n) is 7.46. The van der Waals surface area contributed by atoms with Crippen LogP contribution in [0.3, 0.4) is 0 Å². The standard InChI is InChI=1S/C17H22N2O/c1-2-16(19-11-9-18-10-12-19)14-7-8-17(20)15-6-4-3-5-13(14)15/h3-8,16,18,20H,2,9-12H2,1H3/t16-/m0/s1. The highest BCUT2D eigenvalue weighted by molar-refractivity contribution is 5.91. The molecule has 0 radical (unpaired) electrons. The first kappa shape index (κ1) is 13.4. The van der Waals surface area contributed by atoms with E-state index in [4.69, 9.17) is 0 Å². The molecule has 0 spiro atoms. The van der Waals surface area contributed by atoms with Gasteiger partial charge in [-0.15, -0.1) is 0 Å². The molecule has 1 aliphatic heterocycles. The Balaban J connectivity index is 2.05. The second-order valence-electron chi connectivity index (χ2n) is 5.43. The Morgan fingerprint density at radius 3 is 2.50 bits per heavy atom. The van der Waals surface area contributed by atoms with Crippen LogP contribution in [0.15, 0.2) is 36.4 Å². The molecule has 0 bridgehead atoms.